The van der Waals surface area contributed by atoms with Crippen LogP contribution < -0.4 is 0 Å². The van der Waals surface area contributed by atoms with E-state index < -0.39 is 0 Å². The normalized spacial score (nSPS) is 30.8. The van der Waals surface area contributed by atoms with Crippen LogP contribution >= 0.6 is 17.0 Å². The molecule has 21 heavy (non-hydrogen) atoms. The highest BCUT2D eigenvalue weighted by Gasteiger charge is 2.52. The van der Waals surface area contributed by atoms with Crippen molar-refractivity contribution >= 4 is 17.0 Å². The molecule has 2 atom stereocenters. The van der Waals surface area contributed by atoms with Crippen molar-refractivity contribution in [3.8, 4) is 0 Å². The van der Waals surface area contributed by atoms with E-state index in [2.05, 4.69) is 61.9 Å². The molecule has 0 saturated heterocycles. The molecule has 0 saturated carbocycles. The van der Waals surface area contributed by atoms with Gasteiger partial charge in [-0.1, -0.05) is 19.9 Å². The molecule has 0 aromatic carbocycles. The molecular weight excluding hydrogens is 328 g/mol. The molecule has 0 fully saturated rings. The number of rotatable bonds is 7. The van der Waals surface area contributed by atoms with Crippen LogP contribution in [0.4, 0.5) is 0 Å². The Morgan fingerprint density at radius 2 is 1.81 bits per heavy atom. The topological polar surface area (TPSA) is 6.48 Å². The first-order valence-electron chi connectivity index (χ1n) is 7.90. The average Bonchev–Trinajstić information content (AvgIpc) is 3.10. The Hall–Kier alpha value is -0.780. The molecule has 2 rings (SSSR count). The minimum absolute atomic E-state index is 0. The molecule has 0 radical (unpaired) electrons. The van der Waals surface area contributed by atoms with E-state index in [9.17, 15) is 0 Å². The Labute approximate surface area is 140 Å². The first-order valence-corrected chi connectivity index (χ1v) is 7.90. The summed E-state index contributed by atoms with van der Waals surface area (Å²) in [4.78, 5) is 4.63. The highest BCUT2D eigenvalue weighted by atomic mass is 79.9. The Morgan fingerprint density at radius 3 is 2.29 bits per heavy atom. The summed E-state index contributed by atoms with van der Waals surface area (Å²) in [7, 11) is 0. The van der Waals surface area contributed by atoms with E-state index in [4.69, 9.17) is 0 Å². The maximum atomic E-state index is 3.91. The average molecular weight is 359 g/mol. The Balaban J connectivity index is 0.00000220. The van der Waals surface area contributed by atoms with Gasteiger partial charge in [0.25, 0.3) is 0 Å². The van der Waals surface area contributed by atoms with Crippen LogP contribution in [0.1, 0.15) is 33.6 Å². The van der Waals surface area contributed by atoms with Crippen molar-refractivity contribution in [3.05, 3.63) is 37.6 Å². The Kier molecular flexibility index (Phi) is 6.50. The van der Waals surface area contributed by atoms with Gasteiger partial charge in [0, 0.05) is 19.2 Å². The lowest BCUT2D eigenvalue weighted by atomic mass is 10.3. The van der Waals surface area contributed by atoms with E-state index in [1.807, 2.05) is 6.20 Å². The van der Waals surface area contributed by atoms with Crippen LogP contribution in [0.3, 0.4) is 0 Å². The zero-order valence-corrected chi connectivity index (χ0v) is 15.5. The fourth-order valence-electron chi connectivity index (χ4n) is 3.32. The molecule has 0 N–H and O–H groups in total. The zero-order valence-electron chi connectivity index (χ0n) is 13.7. The van der Waals surface area contributed by atoms with E-state index in [-0.39, 0.29) is 17.0 Å². The van der Waals surface area contributed by atoms with Crippen molar-refractivity contribution in [2.75, 3.05) is 33.0 Å². The number of hydrogen-bond donors (Lipinski definition) is 0. The molecular formula is C16H31BrN4+2. The highest BCUT2D eigenvalue weighted by Crippen LogP contribution is 2.34. The van der Waals surface area contributed by atoms with Crippen LogP contribution in [0.2, 0.25) is 0 Å². The van der Waals surface area contributed by atoms with Crippen LogP contribution in [0.15, 0.2) is 37.6 Å². The van der Waals surface area contributed by atoms with Gasteiger partial charge in [-0.2, -0.15) is 0 Å². The number of quaternary nitrogens is 2. The minimum atomic E-state index is 0. The van der Waals surface area contributed by atoms with Gasteiger partial charge < -0.3 is 4.90 Å². The van der Waals surface area contributed by atoms with Gasteiger partial charge in [0.1, 0.15) is 13.1 Å². The molecule has 0 aliphatic carbocycles. The lowest BCUT2D eigenvalue weighted by Gasteiger charge is -2.46. The summed E-state index contributed by atoms with van der Waals surface area (Å²) in [6.45, 7) is 16.2. The van der Waals surface area contributed by atoms with Crippen LogP contribution in [-0.2, 0) is 0 Å². The Bertz CT molecular complexity index is 409. The van der Waals surface area contributed by atoms with Crippen molar-refractivity contribution in [2.45, 2.75) is 33.6 Å². The van der Waals surface area contributed by atoms with Crippen molar-refractivity contribution in [3.63, 3.8) is 0 Å². The molecule has 2 aliphatic heterocycles. The number of nitrogens with zero attached hydrogens (tertiary/aromatic N) is 4. The van der Waals surface area contributed by atoms with Crippen molar-refractivity contribution in [1.82, 2.24) is 9.80 Å². The summed E-state index contributed by atoms with van der Waals surface area (Å²) in [5.74, 6) is 0. The number of halogens is 1. The van der Waals surface area contributed by atoms with Crippen LogP contribution in [-0.4, -0.2) is 52.0 Å². The fraction of sp³-hybridized carbons (Fsp3) is 0.625. The Morgan fingerprint density at radius 1 is 1.10 bits per heavy atom. The molecule has 0 aromatic heterocycles. The summed E-state index contributed by atoms with van der Waals surface area (Å²) < 4.78 is 1.98. The predicted molar refractivity (Wildman–Crippen MR) is 93.6 cm³/mol. The smallest absolute Gasteiger partial charge is 0.206 e. The quantitative estimate of drug-likeness (QED) is 0.641. The van der Waals surface area contributed by atoms with E-state index in [1.165, 1.54) is 19.4 Å². The fourth-order valence-corrected chi connectivity index (χ4v) is 3.32. The molecule has 0 amide bonds. The van der Waals surface area contributed by atoms with Gasteiger partial charge >= 0.3 is 0 Å². The second-order valence-electron chi connectivity index (χ2n) is 5.85. The van der Waals surface area contributed by atoms with Gasteiger partial charge in [0.05, 0.1) is 12.4 Å². The third-order valence-corrected chi connectivity index (χ3v) is 4.81. The van der Waals surface area contributed by atoms with Crippen LogP contribution in [0.25, 0.3) is 0 Å². The summed E-state index contributed by atoms with van der Waals surface area (Å²) in [6.07, 6.45) is 13.7. The van der Waals surface area contributed by atoms with E-state index in [0.29, 0.717) is 0 Å². The van der Waals surface area contributed by atoms with E-state index >= 15 is 0 Å². The predicted octanol–water partition coefficient (Wildman–Crippen LogP) is 3.58. The molecule has 5 heteroatoms. The molecule has 0 bridgehead atoms. The largest absolute Gasteiger partial charge is 0.322 e. The summed E-state index contributed by atoms with van der Waals surface area (Å²) in [5.41, 5.74) is 0. The first kappa shape index (κ1) is 18.3. The van der Waals surface area contributed by atoms with E-state index in [1.54, 1.807) is 0 Å². The third kappa shape index (κ3) is 3.20. The van der Waals surface area contributed by atoms with Gasteiger partial charge in [-0.3, -0.25) is 4.90 Å². The SMILES string of the molecule is Br.C=CN1C=C[N+](CC)([N+]2(CCCC)C=CN(CC)C2)C1. The summed E-state index contributed by atoms with van der Waals surface area (Å²) in [6, 6.07) is 0. The van der Waals surface area contributed by atoms with Gasteiger partial charge in [-0.15, -0.1) is 26.2 Å². The summed E-state index contributed by atoms with van der Waals surface area (Å²) >= 11 is 0. The lowest BCUT2D eigenvalue weighted by molar-refractivity contribution is -1.45. The maximum Gasteiger partial charge on any atom is 0.206 e. The van der Waals surface area contributed by atoms with Gasteiger partial charge in [-0.25, -0.2) is 0 Å². The van der Waals surface area contributed by atoms with Gasteiger partial charge in [0.15, 0.2) is 12.4 Å². The van der Waals surface area contributed by atoms with Gasteiger partial charge in [0.2, 0.25) is 13.3 Å². The molecule has 0 aromatic rings. The van der Waals surface area contributed by atoms with Crippen molar-refractivity contribution in [1.29, 1.82) is 0 Å². The molecule has 2 heterocycles. The standard InChI is InChI=1S/C16H30N4.BrH/c1-5-9-12-20(14-11-18(7-3)16-20)19(8-4)13-10-17(6-2)15-19;/h6,10-11,13-14H,2,5,7-9,12,15-16H2,1,3-4H3;1H/q+2;. The highest BCUT2D eigenvalue weighted by molar-refractivity contribution is 8.93. The second-order valence-corrected chi connectivity index (χ2v) is 5.85. The number of hydrogen-bond acceptors (Lipinski definition) is 2. The number of unbranched alkanes of at least 4 members (excludes halogenated alkanes) is 1. The molecule has 2 aliphatic rings. The monoisotopic (exact) mass is 358 g/mol. The third-order valence-electron chi connectivity index (χ3n) is 4.81. The molecule has 0 spiro atoms. The van der Waals surface area contributed by atoms with Crippen LogP contribution in [0, 0.1) is 0 Å². The van der Waals surface area contributed by atoms with Crippen molar-refractivity contribution in [2.24, 2.45) is 0 Å². The van der Waals surface area contributed by atoms with E-state index in [0.717, 1.165) is 35.6 Å². The van der Waals surface area contributed by atoms with Crippen LogP contribution in [0.5, 0.6) is 0 Å². The molecule has 2 unspecified atom stereocenters. The van der Waals surface area contributed by atoms with Crippen molar-refractivity contribution < 1.29 is 9.18 Å². The molecule has 4 nitrogen and oxygen atoms in total. The molecule has 120 valence electrons. The second kappa shape index (κ2) is 7.47. The lowest BCUT2D eigenvalue weighted by Crippen LogP contribution is -2.68. The van der Waals surface area contributed by atoms with Gasteiger partial charge in [-0.05, 0) is 13.8 Å². The summed E-state index contributed by atoms with van der Waals surface area (Å²) in [5, 5.41) is 0. The minimum Gasteiger partial charge on any atom is -0.322 e. The zero-order chi connectivity index (χ0) is 14.6. The first-order chi connectivity index (χ1) is 9.65. The maximum absolute atomic E-state index is 3.91.